The van der Waals surface area contributed by atoms with E-state index in [0.717, 1.165) is 45.8 Å². The summed E-state index contributed by atoms with van der Waals surface area (Å²) >= 11 is 0. The molecule has 1 aliphatic heterocycles. The maximum atomic E-state index is 5.58. The molecule has 0 saturated carbocycles. The highest BCUT2D eigenvalue weighted by molar-refractivity contribution is 4.80. The number of nitrogens with zero attached hydrogens (tertiary/aromatic N) is 1. The normalized spacial score (nSPS) is 20.6. The molecular formula is C13H28N2O2. The van der Waals surface area contributed by atoms with Gasteiger partial charge in [0.05, 0.1) is 0 Å². The van der Waals surface area contributed by atoms with Crippen LogP contribution < -0.4 is 5.32 Å². The van der Waals surface area contributed by atoms with Gasteiger partial charge in [0.2, 0.25) is 0 Å². The average molecular weight is 244 g/mol. The SMILES string of the molecule is CCOC(CCN(CC)C1CCNC1)OCC. The number of nitrogens with one attached hydrogen (secondary N) is 1. The smallest absolute Gasteiger partial charge is 0.158 e. The molecule has 1 atom stereocenters. The van der Waals surface area contributed by atoms with Crippen molar-refractivity contribution in [3.63, 3.8) is 0 Å². The van der Waals surface area contributed by atoms with Crippen molar-refractivity contribution in [1.82, 2.24) is 10.2 Å². The van der Waals surface area contributed by atoms with Crippen molar-refractivity contribution < 1.29 is 9.47 Å². The molecule has 0 aromatic rings. The van der Waals surface area contributed by atoms with Gasteiger partial charge in [-0.25, -0.2) is 0 Å². The molecule has 0 bridgehead atoms. The molecule has 0 radical (unpaired) electrons. The van der Waals surface area contributed by atoms with Gasteiger partial charge < -0.3 is 14.8 Å². The van der Waals surface area contributed by atoms with E-state index in [1.54, 1.807) is 0 Å². The lowest BCUT2D eigenvalue weighted by Crippen LogP contribution is -2.39. The van der Waals surface area contributed by atoms with Crippen LogP contribution in [-0.2, 0) is 9.47 Å². The summed E-state index contributed by atoms with van der Waals surface area (Å²) in [7, 11) is 0. The van der Waals surface area contributed by atoms with E-state index in [9.17, 15) is 0 Å². The lowest BCUT2D eigenvalue weighted by Gasteiger charge is -2.28. The van der Waals surface area contributed by atoms with Gasteiger partial charge in [-0.3, -0.25) is 4.90 Å². The second-order valence-corrected chi connectivity index (χ2v) is 4.40. The molecule has 1 rings (SSSR count). The van der Waals surface area contributed by atoms with E-state index in [1.807, 2.05) is 13.8 Å². The van der Waals surface area contributed by atoms with Gasteiger partial charge in [-0.2, -0.15) is 0 Å². The highest BCUT2D eigenvalue weighted by Crippen LogP contribution is 2.11. The molecule has 0 spiro atoms. The Balaban J connectivity index is 2.28. The Bertz CT molecular complexity index is 178. The summed E-state index contributed by atoms with van der Waals surface area (Å²) in [5, 5.41) is 3.42. The Morgan fingerprint density at radius 2 is 1.94 bits per heavy atom. The van der Waals surface area contributed by atoms with Crippen molar-refractivity contribution in [2.75, 3.05) is 39.4 Å². The third kappa shape index (κ3) is 5.34. The molecular weight excluding hydrogens is 216 g/mol. The highest BCUT2D eigenvalue weighted by atomic mass is 16.7. The predicted molar refractivity (Wildman–Crippen MR) is 70.2 cm³/mol. The third-order valence-electron chi connectivity index (χ3n) is 3.31. The van der Waals surface area contributed by atoms with E-state index in [0.29, 0.717) is 6.04 Å². The highest BCUT2D eigenvalue weighted by Gasteiger charge is 2.21. The van der Waals surface area contributed by atoms with Crippen LogP contribution in [0.1, 0.15) is 33.6 Å². The van der Waals surface area contributed by atoms with Crippen molar-refractivity contribution >= 4 is 0 Å². The van der Waals surface area contributed by atoms with Gasteiger partial charge in [-0.15, -0.1) is 0 Å². The van der Waals surface area contributed by atoms with Crippen molar-refractivity contribution in [3.8, 4) is 0 Å². The van der Waals surface area contributed by atoms with E-state index in [2.05, 4.69) is 17.1 Å². The van der Waals surface area contributed by atoms with Crippen molar-refractivity contribution in [3.05, 3.63) is 0 Å². The molecule has 0 aromatic carbocycles. The first-order chi connectivity index (χ1) is 8.31. The Morgan fingerprint density at radius 1 is 1.24 bits per heavy atom. The van der Waals surface area contributed by atoms with Crippen LogP contribution in [0.4, 0.5) is 0 Å². The zero-order valence-corrected chi connectivity index (χ0v) is 11.6. The maximum absolute atomic E-state index is 5.58. The van der Waals surface area contributed by atoms with E-state index in [4.69, 9.17) is 9.47 Å². The molecule has 0 amide bonds. The lowest BCUT2D eigenvalue weighted by atomic mass is 10.2. The monoisotopic (exact) mass is 244 g/mol. The van der Waals surface area contributed by atoms with Crippen LogP contribution in [0, 0.1) is 0 Å². The Morgan fingerprint density at radius 3 is 2.41 bits per heavy atom. The minimum absolute atomic E-state index is 0.0339. The topological polar surface area (TPSA) is 33.7 Å². The molecule has 1 unspecified atom stereocenters. The summed E-state index contributed by atoms with van der Waals surface area (Å²) in [5.74, 6) is 0. The summed E-state index contributed by atoms with van der Waals surface area (Å²) in [4.78, 5) is 2.53. The number of rotatable bonds is 9. The Labute approximate surface area is 106 Å². The fourth-order valence-electron chi connectivity index (χ4n) is 2.41. The minimum Gasteiger partial charge on any atom is -0.353 e. The zero-order valence-electron chi connectivity index (χ0n) is 11.6. The Kier molecular flexibility index (Phi) is 7.77. The molecule has 17 heavy (non-hydrogen) atoms. The molecule has 4 nitrogen and oxygen atoms in total. The molecule has 1 N–H and O–H groups in total. The van der Waals surface area contributed by atoms with Crippen LogP contribution in [0.3, 0.4) is 0 Å². The number of hydrogen-bond donors (Lipinski definition) is 1. The molecule has 4 heteroatoms. The van der Waals surface area contributed by atoms with Gasteiger partial charge in [-0.1, -0.05) is 6.92 Å². The molecule has 1 heterocycles. The minimum atomic E-state index is -0.0339. The lowest BCUT2D eigenvalue weighted by molar-refractivity contribution is -0.142. The van der Waals surface area contributed by atoms with Gasteiger partial charge in [0.1, 0.15) is 0 Å². The number of ether oxygens (including phenoxy) is 2. The maximum Gasteiger partial charge on any atom is 0.158 e. The van der Waals surface area contributed by atoms with E-state index < -0.39 is 0 Å². The molecule has 1 saturated heterocycles. The summed E-state index contributed by atoms with van der Waals surface area (Å²) in [6.07, 6.45) is 2.20. The van der Waals surface area contributed by atoms with Crippen LogP contribution in [0.2, 0.25) is 0 Å². The second-order valence-electron chi connectivity index (χ2n) is 4.40. The zero-order chi connectivity index (χ0) is 12.5. The summed E-state index contributed by atoms with van der Waals surface area (Å²) < 4.78 is 11.2. The van der Waals surface area contributed by atoms with Gasteiger partial charge in [0.25, 0.3) is 0 Å². The van der Waals surface area contributed by atoms with Crippen molar-refractivity contribution in [1.29, 1.82) is 0 Å². The second kappa shape index (κ2) is 8.86. The first-order valence-corrected chi connectivity index (χ1v) is 6.99. The van der Waals surface area contributed by atoms with Gasteiger partial charge in [0, 0.05) is 38.8 Å². The van der Waals surface area contributed by atoms with E-state index >= 15 is 0 Å². The number of hydrogen-bond acceptors (Lipinski definition) is 4. The molecule has 102 valence electrons. The van der Waals surface area contributed by atoms with E-state index in [1.165, 1.54) is 6.42 Å². The van der Waals surface area contributed by atoms with Crippen LogP contribution in [0.15, 0.2) is 0 Å². The summed E-state index contributed by atoms with van der Waals surface area (Å²) in [6, 6.07) is 0.698. The fraction of sp³-hybridized carbons (Fsp3) is 1.00. The molecule has 1 fully saturated rings. The first kappa shape index (κ1) is 14.9. The largest absolute Gasteiger partial charge is 0.353 e. The summed E-state index contributed by atoms with van der Waals surface area (Å²) in [6.45, 7) is 12.2. The predicted octanol–water partition coefficient (Wildman–Crippen LogP) is 1.46. The standard InChI is InChI=1S/C13H28N2O2/c1-4-15(12-7-9-14-11-12)10-8-13(16-5-2)17-6-3/h12-14H,4-11H2,1-3H3. The van der Waals surface area contributed by atoms with E-state index in [-0.39, 0.29) is 6.29 Å². The van der Waals surface area contributed by atoms with Gasteiger partial charge >= 0.3 is 0 Å². The van der Waals surface area contributed by atoms with Gasteiger partial charge in [0.15, 0.2) is 6.29 Å². The number of likely N-dealkylation sites (N-methyl/N-ethyl adjacent to an activating group) is 1. The third-order valence-corrected chi connectivity index (χ3v) is 3.31. The van der Waals surface area contributed by atoms with Crippen LogP contribution >= 0.6 is 0 Å². The van der Waals surface area contributed by atoms with Gasteiger partial charge in [-0.05, 0) is 33.4 Å². The quantitative estimate of drug-likeness (QED) is 0.623. The molecule has 0 aromatic heterocycles. The van der Waals surface area contributed by atoms with Crippen LogP contribution in [0.25, 0.3) is 0 Å². The van der Waals surface area contributed by atoms with Crippen molar-refractivity contribution in [2.45, 2.75) is 45.9 Å². The first-order valence-electron chi connectivity index (χ1n) is 6.99. The average Bonchev–Trinajstić information content (AvgIpc) is 2.84. The molecule has 1 aliphatic rings. The Hall–Kier alpha value is -0.160. The van der Waals surface area contributed by atoms with Crippen molar-refractivity contribution in [2.24, 2.45) is 0 Å². The van der Waals surface area contributed by atoms with Crippen LogP contribution in [-0.4, -0.2) is 56.6 Å². The summed E-state index contributed by atoms with van der Waals surface area (Å²) in [5.41, 5.74) is 0. The fourth-order valence-corrected chi connectivity index (χ4v) is 2.41. The van der Waals surface area contributed by atoms with Crippen LogP contribution in [0.5, 0.6) is 0 Å². The molecule has 0 aliphatic carbocycles.